The van der Waals surface area contributed by atoms with Gasteiger partial charge in [0, 0.05) is 25.6 Å². The number of likely N-dealkylation sites (N-methyl/N-ethyl adjacent to an activating group) is 1. The number of hydrogen-bond donors (Lipinski definition) is 3. The van der Waals surface area contributed by atoms with Gasteiger partial charge in [0.15, 0.2) is 5.96 Å². The van der Waals surface area contributed by atoms with Crippen LogP contribution in [0.15, 0.2) is 35.3 Å². The van der Waals surface area contributed by atoms with Crippen molar-refractivity contribution in [1.82, 2.24) is 15.5 Å². The van der Waals surface area contributed by atoms with Gasteiger partial charge in [-0.1, -0.05) is 44.2 Å². The van der Waals surface area contributed by atoms with Crippen molar-refractivity contribution in [1.29, 1.82) is 0 Å². The molecule has 0 saturated carbocycles. The summed E-state index contributed by atoms with van der Waals surface area (Å²) in [5.74, 6) is 0.850. The fourth-order valence-electron chi connectivity index (χ4n) is 2.41. The first kappa shape index (κ1) is 23.1. The number of aliphatic hydroxyl groups excluding tert-OH is 1. The van der Waals surface area contributed by atoms with Gasteiger partial charge in [0.2, 0.25) is 0 Å². The highest BCUT2D eigenvalue weighted by Crippen LogP contribution is 2.14. The van der Waals surface area contributed by atoms with Crippen LogP contribution in [0.1, 0.15) is 32.3 Å². The second kappa shape index (κ2) is 14.5. The van der Waals surface area contributed by atoms with Gasteiger partial charge >= 0.3 is 0 Å². The molecule has 0 fully saturated rings. The topological polar surface area (TPSA) is 59.9 Å². The summed E-state index contributed by atoms with van der Waals surface area (Å²) in [4.78, 5) is 7.00. The maximum absolute atomic E-state index is 9.62. The number of halogens is 1. The summed E-state index contributed by atoms with van der Waals surface area (Å²) >= 11 is 0. The first-order valence-corrected chi connectivity index (χ1v) is 8.65. The lowest BCUT2D eigenvalue weighted by atomic mass is 10.0. The van der Waals surface area contributed by atoms with E-state index in [1.54, 1.807) is 0 Å². The molecule has 24 heavy (non-hydrogen) atoms. The highest BCUT2D eigenvalue weighted by Gasteiger charge is 2.10. The number of nitrogens with one attached hydrogen (secondary N) is 2. The van der Waals surface area contributed by atoms with Crippen molar-refractivity contribution in [2.45, 2.75) is 26.7 Å². The van der Waals surface area contributed by atoms with Crippen LogP contribution >= 0.6 is 24.0 Å². The molecule has 0 aliphatic carbocycles. The van der Waals surface area contributed by atoms with Gasteiger partial charge in [-0.2, -0.15) is 0 Å². The van der Waals surface area contributed by atoms with Crippen LogP contribution in [0.25, 0.3) is 0 Å². The molecule has 3 N–H and O–H groups in total. The van der Waals surface area contributed by atoms with Gasteiger partial charge in [0.1, 0.15) is 0 Å². The predicted molar refractivity (Wildman–Crippen MR) is 113 cm³/mol. The van der Waals surface area contributed by atoms with Gasteiger partial charge in [-0.05, 0) is 25.6 Å². The lowest BCUT2D eigenvalue weighted by Crippen LogP contribution is -2.41. The Labute approximate surface area is 164 Å². The summed E-state index contributed by atoms with van der Waals surface area (Å²) in [6.07, 6.45) is 0. The maximum atomic E-state index is 9.62. The van der Waals surface area contributed by atoms with Gasteiger partial charge in [-0.3, -0.25) is 4.99 Å². The SMILES string of the molecule is CCNC(=NCC(CO)c1ccccc1)NCCN(CC)CC.I. The molecule has 1 unspecified atom stereocenters. The Morgan fingerprint density at radius 3 is 2.33 bits per heavy atom. The van der Waals surface area contributed by atoms with E-state index in [4.69, 9.17) is 0 Å². The third-order valence-electron chi connectivity index (χ3n) is 3.92. The molecule has 0 aliphatic heterocycles. The van der Waals surface area contributed by atoms with E-state index in [0.717, 1.165) is 44.2 Å². The van der Waals surface area contributed by atoms with Gasteiger partial charge in [-0.25, -0.2) is 0 Å². The Kier molecular flexibility index (Phi) is 14.0. The van der Waals surface area contributed by atoms with Crippen molar-refractivity contribution >= 4 is 29.9 Å². The fraction of sp³-hybridized carbons (Fsp3) is 0.611. The normalized spacial score (nSPS) is 12.6. The third-order valence-corrected chi connectivity index (χ3v) is 3.92. The molecule has 1 rings (SSSR count). The van der Waals surface area contributed by atoms with Crippen molar-refractivity contribution < 1.29 is 5.11 Å². The van der Waals surface area contributed by atoms with E-state index in [1.165, 1.54) is 0 Å². The summed E-state index contributed by atoms with van der Waals surface area (Å²) in [5, 5.41) is 16.2. The minimum Gasteiger partial charge on any atom is -0.396 e. The van der Waals surface area contributed by atoms with E-state index in [1.807, 2.05) is 30.3 Å². The van der Waals surface area contributed by atoms with E-state index in [0.29, 0.717) is 6.54 Å². The second-order valence-electron chi connectivity index (χ2n) is 5.46. The zero-order valence-electron chi connectivity index (χ0n) is 15.2. The average molecular weight is 448 g/mol. The molecule has 0 aromatic heterocycles. The molecule has 0 radical (unpaired) electrons. The lowest BCUT2D eigenvalue weighted by molar-refractivity contribution is 0.268. The number of aliphatic hydroxyl groups is 1. The van der Waals surface area contributed by atoms with Crippen LogP contribution in [-0.2, 0) is 0 Å². The predicted octanol–water partition coefficient (Wildman–Crippen LogP) is 2.28. The molecule has 0 aliphatic rings. The highest BCUT2D eigenvalue weighted by atomic mass is 127. The molecule has 1 aromatic rings. The quantitative estimate of drug-likeness (QED) is 0.292. The zero-order valence-corrected chi connectivity index (χ0v) is 17.5. The Bertz CT molecular complexity index is 438. The molecule has 1 aromatic carbocycles. The van der Waals surface area contributed by atoms with E-state index in [9.17, 15) is 5.11 Å². The lowest BCUT2D eigenvalue weighted by Gasteiger charge is -2.19. The molecule has 0 heterocycles. The Balaban J connectivity index is 0.00000529. The van der Waals surface area contributed by atoms with Crippen molar-refractivity contribution in [2.75, 3.05) is 45.9 Å². The van der Waals surface area contributed by atoms with Crippen LogP contribution in [0, 0.1) is 0 Å². The molecular weight excluding hydrogens is 415 g/mol. The molecule has 5 nitrogen and oxygen atoms in total. The maximum Gasteiger partial charge on any atom is 0.191 e. The molecule has 1 atom stereocenters. The van der Waals surface area contributed by atoms with E-state index < -0.39 is 0 Å². The average Bonchev–Trinajstić information content (AvgIpc) is 2.60. The second-order valence-corrected chi connectivity index (χ2v) is 5.46. The van der Waals surface area contributed by atoms with Crippen molar-refractivity contribution in [3.63, 3.8) is 0 Å². The molecule has 0 saturated heterocycles. The fourth-order valence-corrected chi connectivity index (χ4v) is 2.41. The number of nitrogens with zero attached hydrogens (tertiary/aromatic N) is 2. The van der Waals surface area contributed by atoms with Crippen LogP contribution < -0.4 is 10.6 Å². The first-order valence-electron chi connectivity index (χ1n) is 8.65. The molecule has 0 bridgehead atoms. The summed E-state index contributed by atoms with van der Waals surface area (Å²) in [5.41, 5.74) is 1.12. The van der Waals surface area contributed by atoms with Crippen LogP contribution in [0.4, 0.5) is 0 Å². The Morgan fingerprint density at radius 1 is 1.12 bits per heavy atom. The van der Waals surface area contributed by atoms with Crippen LogP contribution in [0.2, 0.25) is 0 Å². The Morgan fingerprint density at radius 2 is 1.79 bits per heavy atom. The van der Waals surface area contributed by atoms with Crippen molar-refractivity contribution in [2.24, 2.45) is 4.99 Å². The largest absolute Gasteiger partial charge is 0.396 e. The molecule has 6 heteroatoms. The number of hydrogen-bond acceptors (Lipinski definition) is 3. The molecular formula is C18H33IN4O. The molecule has 0 amide bonds. The summed E-state index contributed by atoms with van der Waals surface area (Å²) in [6.45, 7) is 11.9. The number of aliphatic imine (C=N–C) groups is 1. The van der Waals surface area contributed by atoms with Gasteiger partial charge in [0.05, 0.1) is 13.2 Å². The highest BCUT2D eigenvalue weighted by molar-refractivity contribution is 14.0. The number of guanidine groups is 1. The van der Waals surface area contributed by atoms with Crippen LogP contribution in [0.5, 0.6) is 0 Å². The van der Waals surface area contributed by atoms with Gasteiger partial charge in [-0.15, -0.1) is 24.0 Å². The number of benzene rings is 1. The van der Waals surface area contributed by atoms with Crippen LogP contribution in [0.3, 0.4) is 0 Å². The summed E-state index contributed by atoms with van der Waals surface area (Å²) < 4.78 is 0. The number of rotatable bonds is 10. The molecule has 0 spiro atoms. The monoisotopic (exact) mass is 448 g/mol. The van der Waals surface area contributed by atoms with Crippen LogP contribution in [-0.4, -0.2) is 61.8 Å². The van der Waals surface area contributed by atoms with E-state index in [2.05, 4.69) is 41.3 Å². The minimum atomic E-state index is 0. The standard InChI is InChI=1S/C18H32N4O.HI/c1-4-19-18(20-12-13-22(5-2)6-3)21-14-17(15-23)16-10-8-7-9-11-16;/h7-11,17,23H,4-6,12-15H2,1-3H3,(H2,19,20,21);1H. The zero-order chi connectivity index (χ0) is 16.9. The van der Waals surface area contributed by atoms with Crippen molar-refractivity contribution in [3.05, 3.63) is 35.9 Å². The molecule has 138 valence electrons. The third kappa shape index (κ3) is 8.84. The Hall–Kier alpha value is -0.860. The smallest absolute Gasteiger partial charge is 0.191 e. The minimum absolute atomic E-state index is 0. The summed E-state index contributed by atoms with van der Waals surface area (Å²) in [7, 11) is 0. The van der Waals surface area contributed by atoms with E-state index >= 15 is 0 Å². The summed E-state index contributed by atoms with van der Waals surface area (Å²) in [6, 6.07) is 10.1. The van der Waals surface area contributed by atoms with E-state index in [-0.39, 0.29) is 36.5 Å². The van der Waals surface area contributed by atoms with Gasteiger partial charge in [0.25, 0.3) is 0 Å². The van der Waals surface area contributed by atoms with Crippen molar-refractivity contribution in [3.8, 4) is 0 Å². The first-order chi connectivity index (χ1) is 11.2. The van der Waals surface area contributed by atoms with Gasteiger partial charge < -0.3 is 20.6 Å².